The van der Waals surface area contributed by atoms with E-state index in [1.165, 1.54) is 14.2 Å². The molecule has 4 nitrogen and oxygen atoms in total. The molecule has 0 saturated carbocycles. The van der Waals surface area contributed by atoms with Crippen LogP contribution < -0.4 is 4.90 Å². The Morgan fingerprint density at radius 3 is 2.20 bits per heavy atom. The third-order valence-corrected chi connectivity index (χ3v) is 4.02. The first-order valence-electron chi connectivity index (χ1n) is 4.58. The number of nitrogens with zero attached hydrogens (tertiary/aromatic N) is 1. The van der Waals surface area contributed by atoms with E-state index in [1.54, 1.807) is 0 Å². The highest BCUT2D eigenvalue weighted by molar-refractivity contribution is 7.53. The number of rotatable bonds is 5. The molecule has 15 heavy (non-hydrogen) atoms. The number of para-hydroxylation sites is 1. The summed E-state index contributed by atoms with van der Waals surface area (Å²) in [6.07, 6.45) is 0.240. The van der Waals surface area contributed by atoms with Gasteiger partial charge in [-0.15, -0.1) is 0 Å². The average Bonchev–Trinajstić information content (AvgIpc) is 2.30. The van der Waals surface area contributed by atoms with Crippen LogP contribution in [-0.2, 0) is 13.6 Å². The average molecular weight is 229 g/mol. The molecule has 0 saturated heterocycles. The fourth-order valence-corrected chi connectivity index (χ4v) is 2.28. The maximum Gasteiger partial charge on any atom is 0.349 e. The van der Waals surface area contributed by atoms with Crippen molar-refractivity contribution in [3.63, 3.8) is 0 Å². The molecule has 0 N–H and O–H groups in total. The van der Waals surface area contributed by atoms with Crippen molar-refractivity contribution in [1.29, 1.82) is 0 Å². The van der Waals surface area contributed by atoms with E-state index in [1.807, 2.05) is 42.3 Å². The first kappa shape index (κ1) is 12.2. The summed E-state index contributed by atoms with van der Waals surface area (Å²) in [7, 11) is 1.65. The van der Waals surface area contributed by atoms with Crippen molar-refractivity contribution in [2.45, 2.75) is 0 Å². The van der Waals surface area contributed by atoms with Crippen LogP contribution in [0.15, 0.2) is 30.3 Å². The first-order chi connectivity index (χ1) is 7.11. The van der Waals surface area contributed by atoms with Gasteiger partial charge in [-0.3, -0.25) is 4.57 Å². The van der Waals surface area contributed by atoms with Crippen LogP contribution in [0.5, 0.6) is 0 Å². The Labute approximate surface area is 90.3 Å². The lowest BCUT2D eigenvalue weighted by molar-refractivity contribution is 0.276. The van der Waals surface area contributed by atoms with Crippen molar-refractivity contribution in [3.05, 3.63) is 30.3 Å². The number of hydrogen-bond acceptors (Lipinski definition) is 4. The molecule has 0 heterocycles. The minimum Gasteiger partial charge on any atom is -0.363 e. The highest BCUT2D eigenvalue weighted by Gasteiger charge is 2.23. The van der Waals surface area contributed by atoms with Crippen molar-refractivity contribution in [1.82, 2.24) is 0 Å². The van der Waals surface area contributed by atoms with Gasteiger partial charge in [0.15, 0.2) is 0 Å². The molecule has 0 amide bonds. The van der Waals surface area contributed by atoms with Crippen LogP contribution in [0, 0.1) is 0 Å². The lowest BCUT2D eigenvalue weighted by Gasteiger charge is -2.23. The van der Waals surface area contributed by atoms with Crippen molar-refractivity contribution in [2.24, 2.45) is 0 Å². The Balaban J connectivity index is 2.71. The number of anilines is 1. The maximum atomic E-state index is 11.8. The molecule has 0 spiro atoms. The lowest BCUT2D eigenvalue weighted by Crippen LogP contribution is -2.19. The Kier molecular flexibility index (Phi) is 4.33. The second-order valence-corrected chi connectivity index (χ2v) is 5.39. The minimum atomic E-state index is -2.98. The van der Waals surface area contributed by atoms with Gasteiger partial charge in [0.25, 0.3) is 0 Å². The van der Waals surface area contributed by atoms with Gasteiger partial charge in [-0.05, 0) is 12.1 Å². The molecule has 0 aliphatic rings. The predicted octanol–water partition coefficient (Wildman–Crippen LogP) is 2.57. The highest BCUT2D eigenvalue weighted by atomic mass is 31.2. The van der Waals surface area contributed by atoms with Crippen molar-refractivity contribution < 1.29 is 13.6 Å². The molecule has 1 rings (SSSR count). The second kappa shape index (κ2) is 5.31. The third-order valence-electron chi connectivity index (χ3n) is 2.14. The number of hydrogen-bond donors (Lipinski definition) is 0. The summed E-state index contributed by atoms with van der Waals surface area (Å²) in [5.41, 5.74) is 0.979. The summed E-state index contributed by atoms with van der Waals surface area (Å²) < 4.78 is 21.6. The smallest absolute Gasteiger partial charge is 0.349 e. The molecule has 0 aromatic heterocycles. The molecule has 0 aliphatic carbocycles. The van der Waals surface area contributed by atoms with Crippen LogP contribution >= 0.6 is 7.60 Å². The van der Waals surface area contributed by atoms with E-state index in [9.17, 15) is 4.57 Å². The zero-order chi connectivity index (χ0) is 11.3. The van der Waals surface area contributed by atoms with E-state index >= 15 is 0 Å². The maximum absolute atomic E-state index is 11.8. The van der Waals surface area contributed by atoms with Gasteiger partial charge in [0.2, 0.25) is 0 Å². The summed E-state index contributed by atoms with van der Waals surface area (Å²) in [5.74, 6) is 0. The van der Waals surface area contributed by atoms with Crippen molar-refractivity contribution >= 4 is 13.3 Å². The van der Waals surface area contributed by atoms with E-state index < -0.39 is 7.60 Å². The SMILES string of the molecule is COP(=O)(CN(C)c1ccccc1)OC. The van der Waals surface area contributed by atoms with E-state index in [4.69, 9.17) is 9.05 Å². The highest BCUT2D eigenvalue weighted by Crippen LogP contribution is 2.47. The van der Waals surface area contributed by atoms with Gasteiger partial charge in [0, 0.05) is 27.0 Å². The van der Waals surface area contributed by atoms with E-state index in [2.05, 4.69) is 0 Å². The summed E-state index contributed by atoms with van der Waals surface area (Å²) >= 11 is 0. The van der Waals surface area contributed by atoms with E-state index in [0.717, 1.165) is 5.69 Å². The van der Waals surface area contributed by atoms with Crippen molar-refractivity contribution in [2.75, 3.05) is 32.5 Å². The van der Waals surface area contributed by atoms with Gasteiger partial charge >= 0.3 is 7.60 Å². The zero-order valence-electron chi connectivity index (χ0n) is 9.21. The molecule has 0 aliphatic heterocycles. The van der Waals surface area contributed by atoms with Gasteiger partial charge in [0.05, 0.1) is 0 Å². The van der Waals surface area contributed by atoms with Gasteiger partial charge in [0.1, 0.15) is 6.29 Å². The fourth-order valence-electron chi connectivity index (χ4n) is 1.21. The Morgan fingerprint density at radius 1 is 1.20 bits per heavy atom. The van der Waals surface area contributed by atoms with Crippen LogP contribution in [0.2, 0.25) is 0 Å². The van der Waals surface area contributed by atoms with Gasteiger partial charge in [-0.25, -0.2) is 0 Å². The van der Waals surface area contributed by atoms with Crippen LogP contribution in [-0.4, -0.2) is 27.6 Å². The number of benzene rings is 1. The monoisotopic (exact) mass is 229 g/mol. The summed E-state index contributed by atoms with van der Waals surface area (Å²) in [5, 5.41) is 0. The standard InChI is InChI=1S/C10H16NO3P/c1-11(9-15(12,13-2)14-3)10-7-5-4-6-8-10/h4-8H,9H2,1-3H3. The summed E-state index contributed by atoms with van der Waals surface area (Å²) in [6, 6.07) is 9.67. The van der Waals surface area contributed by atoms with Crippen LogP contribution in [0.4, 0.5) is 5.69 Å². The molecule has 84 valence electrons. The second-order valence-electron chi connectivity index (χ2n) is 3.15. The Hall–Kier alpha value is -0.830. The van der Waals surface area contributed by atoms with Gasteiger partial charge in [-0.1, -0.05) is 18.2 Å². The molecule has 0 atom stereocenters. The molecule has 5 heteroatoms. The molecule has 0 unspecified atom stereocenters. The van der Waals surface area contributed by atoms with Crippen molar-refractivity contribution in [3.8, 4) is 0 Å². The van der Waals surface area contributed by atoms with Crippen LogP contribution in [0.1, 0.15) is 0 Å². The first-order valence-corrected chi connectivity index (χ1v) is 6.31. The summed E-state index contributed by atoms with van der Waals surface area (Å²) in [4.78, 5) is 1.84. The molecular weight excluding hydrogens is 213 g/mol. The third kappa shape index (κ3) is 3.34. The minimum absolute atomic E-state index is 0.240. The molecule has 1 aromatic rings. The molecule has 0 radical (unpaired) electrons. The Morgan fingerprint density at radius 2 is 1.73 bits per heavy atom. The quantitative estimate of drug-likeness (QED) is 0.727. The largest absolute Gasteiger partial charge is 0.363 e. The van der Waals surface area contributed by atoms with E-state index in [-0.39, 0.29) is 6.29 Å². The Bertz CT molecular complexity index is 334. The van der Waals surface area contributed by atoms with Gasteiger partial charge in [-0.2, -0.15) is 0 Å². The van der Waals surface area contributed by atoms with Crippen LogP contribution in [0.3, 0.4) is 0 Å². The summed E-state index contributed by atoms with van der Waals surface area (Å²) in [6.45, 7) is 0. The lowest BCUT2D eigenvalue weighted by atomic mass is 10.3. The topological polar surface area (TPSA) is 38.8 Å². The molecule has 0 fully saturated rings. The zero-order valence-corrected chi connectivity index (χ0v) is 10.1. The molecular formula is C10H16NO3P. The predicted molar refractivity (Wildman–Crippen MR) is 61.3 cm³/mol. The van der Waals surface area contributed by atoms with Gasteiger partial charge < -0.3 is 13.9 Å². The molecule has 0 bridgehead atoms. The molecule has 1 aromatic carbocycles. The van der Waals surface area contributed by atoms with Crippen LogP contribution in [0.25, 0.3) is 0 Å². The van der Waals surface area contributed by atoms with E-state index in [0.29, 0.717) is 0 Å². The normalized spacial score (nSPS) is 11.4. The fraction of sp³-hybridized carbons (Fsp3) is 0.400.